The van der Waals surface area contributed by atoms with Crippen molar-refractivity contribution in [3.8, 4) is 0 Å². The number of hydrogen-bond donors (Lipinski definition) is 1. The maximum absolute atomic E-state index is 12.0. The zero-order valence-electron chi connectivity index (χ0n) is 15.5. The highest BCUT2D eigenvalue weighted by atomic mass is 28.4. The molecule has 0 aliphatic carbocycles. The van der Waals surface area contributed by atoms with Gasteiger partial charge in [-0.25, -0.2) is 0 Å². The maximum Gasteiger partial charge on any atom is 0.325 e. The fourth-order valence-corrected chi connectivity index (χ4v) is 3.18. The number of hydrogen-bond acceptors (Lipinski definition) is 6. The van der Waals surface area contributed by atoms with Crippen LogP contribution >= 0.6 is 0 Å². The summed E-state index contributed by atoms with van der Waals surface area (Å²) in [6, 6.07) is -0.563. The van der Waals surface area contributed by atoms with E-state index in [1.54, 1.807) is 14.2 Å². The molecule has 22 heavy (non-hydrogen) atoms. The summed E-state index contributed by atoms with van der Waals surface area (Å²) in [5.41, 5.74) is 0. The first-order valence-corrected chi connectivity index (χ1v) is 10.5. The fraction of sp³-hybridized carbons (Fsp3) is 0.933. The standard InChI is InChI=1S/C15H33NO5Si/c1-11(21-22(8,9)15(2,3)4)13(14(17)20-7)16-10-12(18-5)19-6/h11-13,16H,10H2,1-9H3. The van der Waals surface area contributed by atoms with Crippen LogP contribution < -0.4 is 5.32 Å². The topological polar surface area (TPSA) is 66.0 Å². The minimum Gasteiger partial charge on any atom is -0.468 e. The first-order chi connectivity index (χ1) is 10.00. The van der Waals surface area contributed by atoms with Crippen molar-refractivity contribution in [1.82, 2.24) is 5.32 Å². The Hall–Kier alpha value is -0.473. The Kier molecular flexibility index (Phi) is 8.78. The van der Waals surface area contributed by atoms with Gasteiger partial charge in [0.2, 0.25) is 0 Å². The predicted molar refractivity (Wildman–Crippen MR) is 89.4 cm³/mol. The number of methoxy groups -OCH3 is 3. The quantitative estimate of drug-likeness (QED) is 0.396. The summed E-state index contributed by atoms with van der Waals surface area (Å²) in [5.74, 6) is -0.350. The van der Waals surface area contributed by atoms with Crippen LogP contribution in [0.2, 0.25) is 18.1 Å². The van der Waals surface area contributed by atoms with Gasteiger partial charge in [0.1, 0.15) is 6.04 Å². The van der Waals surface area contributed by atoms with Crippen molar-refractivity contribution in [2.24, 2.45) is 0 Å². The normalized spacial score (nSPS) is 15.7. The van der Waals surface area contributed by atoms with Crippen molar-refractivity contribution in [3.05, 3.63) is 0 Å². The Morgan fingerprint density at radius 1 is 1.14 bits per heavy atom. The van der Waals surface area contributed by atoms with Gasteiger partial charge in [0.05, 0.1) is 13.2 Å². The van der Waals surface area contributed by atoms with Crippen LogP contribution in [-0.2, 0) is 23.4 Å². The van der Waals surface area contributed by atoms with Gasteiger partial charge in [-0.3, -0.25) is 10.1 Å². The number of nitrogens with one attached hydrogen (secondary N) is 1. The van der Waals surface area contributed by atoms with Crippen LogP contribution in [0.1, 0.15) is 27.7 Å². The molecule has 0 aliphatic heterocycles. The summed E-state index contributed by atoms with van der Waals surface area (Å²) in [6.07, 6.45) is -0.727. The average molecular weight is 336 g/mol. The van der Waals surface area contributed by atoms with Gasteiger partial charge in [0.25, 0.3) is 0 Å². The molecular formula is C15H33NO5Si. The van der Waals surface area contributed by atoms with Gasteiger partial charge in [-0.1, -0.05) is 20.8 Å². The van der Waals surface area contributed by atoms with Crippen molar-refractivity contribution < 1.29 is 23.4 Å². The summed E-state index contributed by atoms with van der Waals surface area (Å²) < 4.78 is 21.4. The van der Waals surface area contributed by atoms with E-state index >= 15 is 0 Å². The molecule has 0 saturated carbocycles. The Bertz CT molecular complexity index is 339. The number of rotatable bonds is 9. The molecule has 2 unspecified atom stereocenters. The zero-order valence-corrected chi connectivity index (χ0v) is 16.5. The van der Waals surface area contributed by atoms with E-state index < -0.39 is 20.6 Å². The average Bonchev–Trinajstić information content (AvgIpc) is 2.41. The molecule has 0 heterocycles. The van der Waals surface area contributed by atoms with Crippen LogP contribution in [0.15, 0.2) is 0 Å². The second kappa shape index (κ2) is 8.98. The first-order valence-electron chi connectivity index (χ1n) is 7.54. The molecule has 0 aromatic heterocycles. The van der Waals surface area contributed by atoms with Gasteiger partial charge in [-0.15, -0.1) is 0 Å². The molecule has 0 rings (SSSR count). The SMILES string of the molecule is COC(=O)C(NCC(OC)OC)C(C)O[Si](C)(C)C(C)(C)C. The predicted octanol–water partition coefficient (Wildman–Crippen LogP) is 2.15. The largest absolute Gasteiger partial charge is 0.468 e. The van der Waals surface area contributed by atoms with E-state index in [1.807, 2.05) is 6.92 Å². The molecule has 0 spiro atoms. The molecule has 132 valence electrons. The van der Waals surface area contributed by atoms with Crippen LogP contribution in [0, 0.1) is 0 Å². The Morgan fingerprint density at radius 3 is 2.00 bits per heavy atom. The molecule has 0 radical (unpaired) electrons. The van der Waals surface area contributed by atoms with Crippen molar-refractivity contribution in [1.29, 1.82) is 0 Å². The van der Waals surface area contributed by atoms with Crippen LogP contribution in [-0.4, -0.2) is 60.6 Å². The minimum atomic E-state index is -1.97. The van der Waals surface area contributed by atoms with Gasteiger partial charge in [-0.05, 0) is 25.1 Å². The molecular weight excluding hydrogens is 302 g/mol. The van der Waals surface area contributed by atoms with Gasteiger partial charge in [-0.2, -0.15) is 0 Å². The van der Waals surface area contributed by atoms with Crippen molar-refractivity contribution in [2.45, 2.75) is 64.3 Å². The number of carbonyl (C=O) groups excluding carboxylic acids is 1. The van der Waals surface area contributed by atoms with Crippen LogP contribution in [0.3, 0.4) is 0 Å². The molecule has 0 saturated heterocycles. The van der Waals surface area contributed by atoms with E-state index in [4.69, 9.17) is 18.6 Å². The van der Waals surface area contributed by atoms with Crippen LogP contribution in [0.4, 0.5) is 0 Å². The zero-order chi connectivity index (χ0) is 17.6. The van der Waals surface area contributed by atoms with E-state index in [-0.39, 0.29) is 17.1 Å². The molecule has 1 N–H and O–H groups in total. The van der Waals surface area contributed by atoms with Crippen molar-refractivity contribution in [2.75, 3.05) is 27.9 Å². The number of ether oxygens (including phenoxy) is 3. The Morgan fingerprint density at radius 2 is 1.64 bits per heavy atom. The van der Waals surface area contributed by atoms with Crippen LogP contribution in [0.5, 0.6) is 0 Å². The maximum atomic E-state index is 12.0. The van der Waals surface area contributed by atoms with Crippen molar-refractivity contribution in [3.63, 3.8) is 0 Å². The van der Waals surface area contributed by atoms with Crippen molar-refractivity contribution >= 4 is 14.3 Å². The summed E-state index contributed by atoms with van der Waals surface area (Å²) in [6.45, 7) is 13.1. The molecule has 7 heteroatoms. The highest BCUT2D eigenvalue weighted by Gasteiger charge is 2.41. The number of esters is 1. The smallest absolute Gasteiger partial charge is 0.325 e. The fourth-order valence-electron chi connectivity index (χ4n) is 1.76. The molecule has 0 amide bonds. The molecule has 0 aromatic rings. The Labute approximate surface area is 136 Å². The van der Waals surface area contributed by atoms with E-state index in [0.717, 1.165) is 0 Å². The monoisotopic (exact) mass is 335 g/mol. The summed E-state index contributed by atoms with van der Waals surface area (Å²) in [4.78, 5) is 12.0. The third-order valence-corrected chi connectivity index (χ3v) is 8.81. The molecule has 6 nitrogen and oxygen atoms in total. The van der Waals surface area contributed by atoms with Gasteiger partial charge < -0.3 is 18.6 Å². The van der Waals surface area contributed by atoms with E-state index in [2.05, 4.69) is 39.2 Å². The van der Waals surface area contributed by atoms with Gasteiger partial charge in [0, 0.05) is 20.8 Å². The lowest BCUT2D eigenvalue weighted by Crippen LogP contribution is -2.54. The molecule has 0 aromatic carbocycles. The van der Waals surface area contributed by atoms with Gasteiger partial charge >= 0.3 is 5.97 Å². The molecule has 0 fully saturated rings. The lowest BCUT2D eigenvalue weighted by molar-refractivity contribution is -0.147. The summed E-state index contributed by atoms with van der Waals surface area (Å²) >= 11 is 0. The third-order valence-electron chi connectivity index (χ3n) is 4.24. The summed E-state index contributed by atoms with van der Waals surface area (Å²) in [5, 5.41) is 3.19. The van der Waals surface area contributed by atoms with Gasteiger partial charge in [0.15, 0.2) is 14.6 Å². The second-order valence-corrected chi connectivity index (χ2v) is 11.6. The molecule has 0 aliphatic rings. The Balaban J connectivity index is 4.93. The lowest BCUT2D eigenvalue weighted by Gasteiger charge is -2.40. The molecule has 2 atom stereocenters. The molecule has 0 bridgehead atoms. The highest BCUT2D eigenvalue weighted by molar-refractivity contribution is 6.74. The second-order valence-electron chi connectivity index (χ2n) is 6.89. The van der Waals surface area contributed by atoms with E-state index in [1.165, 1.54) is 7.11 Å². The van der Waals surface area contributed by atoms with E-state index in [9.17, 15) is 4.79 Å². The van der Waals surface area contributed by atoms with E-state index in [0.29, 0.717) is 6.54 Å². The lowest BCUT2D eigenvalue weighted by atomic mass is 10.2. The highest BCUT2D eigenvalue weighted by Crippen LogP contribution is 2.37. The minimum absolute atomic E-state index is 0.0729. The summed E-state index contributed by atoms with van der Waals surface area (Å²) in [7, 11) is 2.51. The first kappa shape index (κ1) is 21.5. The third kappa shape index (κ3) is 6.34. The van der Waals surface area contributed by atoms with Crippen LogP contribution in [0.25, 0.3) is 0 Å². The number of carbonyl (C=O) groups is 1.